The summed E-state index contributed by atoms with van der Waals surface area (Å²) >= 11 is 0. The second kappa shape index (κ2) is 6.25. The van der Waals surface area contributed by atoms with E-state index >= 15 is 0 Å². The van der Waals surface area contributed by atoms with E-state index in [1.54, 1.807) is 12.1 Å². The Labute approximate surface area is 154 Å². The van der Waals surface area contributed by atoms with Crippen molar-refractivity contribution in [2.45, 2.75) is 25.5 Å². The van der Waals surface area contributed by atoms with E-state index in [0.29, 0.717) is 16.8 Å². The smallest absolute Gasteiger partial charge is 0.189 e. The van der Waals surface area contributed by atoms with Gasteiger partial charge in [-0.25, -0.2) is 8.78 Å². The summed E-state index contributed by atoms with van der Waals surface area (Å²) < 4.78 is 35.1. The summed E-state index contributed by atoms with van der Waals surface area (Å²) in [5, 5.41) is 3.92. The molecule has 0 radical (unpaired) electrons. The molecule has 1 fully saturated rings. The third-order valence-electron chi connectivity index (χ3n) is 5.48. The average Bonchev–Trinajstić information content (AvgIpc) is 3.25. The molecule has 0 unspecified atom stereocenters. The summed E-state index contributed by atoms with van der Waals surface area (Å²) in [7, 11) is 0. The Morgan fingerprint density at radius 3 is 2.67 bits per heavy atom. The van der Waals surface area contributed by atoms with E-state index in [-0.39, 0.29) is 30.6 Å². The van der Waals surface area contributed by atoms with Crippen LogP contribution in [0.15, 0.2) is 30.3 Å². The number of rotatable bonds is 2. The fourth-order valence-corrected chi connectivity index (χ4v) is 4.26. The van der Waals surface area contributed by atoms with Gasteiger partial charge < -0.3 is 15.0 Å². The van der Waals surface area contributed by atoms with Gasteiger partial charge in [0, 0.05) is 39.2 Å². The van der Waals surface area contributed by atoms with Gasteiger partial charge in [-0.2, -0.15) is 0 Å². The highest BCUT2D eigenvalue weighted by atomic mass is 19.1. The van der Waals surface area contributed by atoms with Gasteiger partial charge in [0.05, 0.1) is 12.3 Å². The van der Waals surface area contributed by atoms with Crippen molar-refractivity contribution >= 4 is 16.7 Å². The monoisotopic (exact) mass is 368 g/mol. The highest BCUT2D eigenvalue weighted by molar-refractivity contribution is 6.11. The normalized spacial score (nSPS) is 19.6. The first-order valence-corrected chi connectivity index (χ1v) is 9.10. The van der Waals surface area contributed by atoms with Gasteiger partial charge in [-0.15, -0.1) is 0 Å². The lowest BCUT2D eigenvalue weighted by Crippen LogP contribution is -2.16. The zero-order valence-corrected chi connectivity index (χ0v) is 14.6. The van der Waals surface area contributed by atoms with Crippen molar-refractivity contribution in [2.24, 2.45) is 0 Å². The SMILES string of the molecule is O=C1COCc2c(-c3cc(F)c([C@@H]4CCCN4)c(F)c3)[nH]c3cccc1c23. The van der Waals surface area contributed by atoms with Gasteiger partial charge in [-0.3, -0.25) is 4.79 Å². The van der Waals surface area contributed by atoms with E-state index in [2.05, 4.69) is 10.3 Å². The first-order chi connectivity index (χ1) is 13.1. The number of Topliss-reactive ketones (excluding diaryl/α,β-unsaturated/α-hetero) is 1. The Morgan fingerprint density at radius 2 is 1.93 bits per heavy atom. The van der Waals surface area contributed by atoms with Crippen molar-refractivity contribution in [1.29, 1.82) is 0 Å². The molecule has 1 saturated heterocycles. The van der Waals surface area contributed by atoms with Gasteiger partial charge in [-0.05, 0) is 37.6 Å². The van der Waals surface area contributed by atoms with Crippen molar-refractivity contribution in [3.8, 4) is 11.3 Å². The number of aromatic nitrogens is 1. The van der Waals surface area contributed by atoms with E-state index in [9.17, 15) is 13.6 Å². The highest BCUT2D eigenvalue weighted by Crippen LogP contribution is 2.37. The quantitative estimate of drug-likeness (QED) is 0.711. The van der Waals surface area contributed by atoms with E-state index in [4.69, 9.17) is 4.74 Å². The van der Waals surface area contributed by atoms with Crippen LogP contribution in [0.5, 0.6) is 0 Å². The Bertz CT molecular complexity index is 1040. The zero-order valence-electron chi connectivity index (χ0n) is 14.6. The Morgan fingerprint density at radius 1 is 1.11 bits per heavy atom. The molecule has 2 aliphatic heterocycles. The van der Waals surface area contributed by atoms with E-state index in [1.165, 1.54) is 12.1 Å². The minimum Gasteiger partial charge on any atom is -0.369 e. The van der Waals surface area contributed by atoms with Crippen LogP contribution in [-0.4, -0.2) is 23.9 Å². The lowest BCUT2D eigenvalue weighted by Gasteiger charge is -2.14. The molecule has 1 atom stereocenters. The summed E-state index contributed by atoms with van der Waals surface area (Å²) in [5.41, 5.74) is 3.22. The van der Waals surface area contributed by atoms with Crippen LogP contribution in [0.2, 0.25) is 0 Å². The van der Waals surface area contributed by atoms with Gasteiger partial charge in [0.15, 0.2) is 5.78 Å². The minimum atomic E-state index is -0.555. The second-order valence-electron chi connectivity index (χ2n) is 7.13. The number of H-pyrrole nitrogens is 1. The average molecular weight is 368 g/mol. The van der Waals surface area contributed by atoms with Crippen molar-refractivity contribution in [2.75, 3.05) is 13.2 Å². The number of ketones is 1. The standard InChI is InChI=1S/C21H18F2N2O2/c22-14-7-11(8-15(23)20(14)16-5-2-6-24-16)21-13-9-27-10-18(26)12-3-1-4-17(25-21)19(12)13/h1,3-4,7-8,16,24-25H,2,5-6,9-10H2/t16-/m0/s1. The number of carbonyl (C=O) groups is 1. The topological polar surface area (TPSA) is 54.1 Å². The molecule has 138 valence electrons. The minimum absolute atomic E-state index is 0.00223. The maximum Gasteiger partial charge on any atom is 0.189 e. The van der Waals surface area contributed by atoms with Crippen LogP contribution in [-0.2, 0) is 11.3 Å². The Hall–Kier alpha value is -2.57. The second-order valence-corrected chi connectivity index (χ2v) is 7.13. The van der Waals surface area contributed by atoms with Crippen LogP contribution >= 0.6 is 0 Å². The van der Waals surface area contributed by atoms with Gasteiger partial charge in [0.2, 0.25) is 0 Å². The van der Waals surface area contributed by atoms with Gasteiger partial charge in [0.1, 0.15) is 18.2 Å². The van der Waals surface area contributed by atoms with Crippen LogP contribution in [0.25, 0.3) is 22.2 Å². The van der Waals surface area contributed by atoms with Gasteiger partial charge in [0.25, 0.3) is 0 Å². The van der Waals surface area contributed by atoms with Crippen molar-refractivity contribution in [3.63, 3.8) is 0 Å². The maximum absolute atomic E-state index is 14.8. The lowest BCUT2D eigenvalue weighted by molar-refractivity contribution is 0.0742. The molecule has 2 aliphatic rings. The summed E-state index contributed by atoms with van der Waals surface area (Å²) in [5.74, 6) is -1.20. The third kappa shape index (κ3) is 2.59. The van der Waals surface area contributed by atoms with Crippen LogP contribution in [0.4, 0.5) is 8.78 Å². The number of ether oxygens (including phenoxy) is 1. The molecule has 0 spiro atoms. The van der Waals surface area contributed by atoms with Crippen LogP contribution < -0.4 is 5.32 Å². The molecule has 0 aliphatic carbocycles. The van der Waals surface area contributed by atoms with Crippen molar-refractivity contribution in [3.05, 3.63) is 58.7 Å². The van der Waals surface area contributed by atoms with Crippen LogP contribution in [0, 0.1) is 11.6 Å². The molecule has 1 aromatic heterocycles. The molecule has 0 bridgehead atoms. The molecule has 4 nitrogen and oxygen atoms in total. The van der Waals surface area contributed by atoms with Crippen LogP contribution in [0.1, 0.15) is 40.4 Å². The number of nitrogens with one attached hydrogen (secondary N) is 2. The molecule has 0 saturated carbocycles. The summed E-state index contributed by atoms with van der Waals surface area (Å²) in [6.07, 6.45) is 1.63. The summed E-state index contributed by atoms with van der Waals surface area (Å²) in [4.78, 5) is 15.5. The molecule has 5 rings (SSSR count). The summed E-state index contributed by atoms with van der Waals surface area (Å²) in [6.45, 7) is 0.987. The molecular weight excluding hydrogens is 350 g/mol. The zero-order chi connectivity index (χ0) is 18.5. The van der Waals surface area contributed by atoms with Crippen molar-refractivity contribution < 1.29 is 18.3 Å². The molecule has 2 N–H and O–H groups in total. The highest BCUT2D eigenvalue weighted by Gasteiger charge is 2.27. The van der Waals surface area contributed by atoms with Crippen molar-refractivity contribution in [1.82, 2.24) is 10.3 Å². The first kappa shape index (κ1) is 16.6. The molecule has 3 heterocycles. The van der Waals surface area contributed by atoms with Crippen LogP contribution in [0.3, 0.4) is 0 Å². The number of hydrogen-bond donors (Lipinski definition) is 2. The Kier molecular flexibility index (Phi) is 3.84. The predicted octanol–water partition coefficient (Wildman–Crippen LogP) is 4.25. The molecule has 2 aromatic carbocycles. The lowest BCUT2D eigenvalue weighted by atomic mass is 9.98. The number of aromatic amines is 1. The maximum atomic E-state index is 14.8. The number of halogens is 2. The van der Waals surface area contributed by atoms with E-state index in [0.717, 1.165) is 35.9 Å². The number of hydrogen-bond acceptors (Lipinski definition) is 3. The van der Waals surface area contributed by atoms with E-state index in [1.807, 2.05) is 6.07 Å². The fourth-order valence-electron chi connectivity index (χ4n) is 4.26. The number of benzene rings is 2. The predicted molar refractivity (Wildman–Crippen MR) is 97.6 cm³/mol. The first-order valence-electron chi connectivity index (χ1n) is 9.10. The largest absolute Gasteiger partial charge is 0.369 e. The summed E-state index contributed by atoms with van der Waals surface area (Å²) in [6, 6.07) is 7.86. The van der Waals surface area contributed by atoms with E-state index < -0.39 is 11.6 Å². The van der Waals surface area contributed by atoms with Gasteiger partial charge >= 0.3 is 0 Å². The Balaban J connectivity index is 1.69. The fraction of sp³-hybridized carbons (Fsp3) is 0.286. The molecule has 6 heteroatoms. The molecule has 3 aromatic rings. The third-order valence-corrected chi connectivity index (χ3v) is 5.48. The number of carbonyl (C=O) groups excluding carboxylic acids is 1. The molecular formula is C21H18F2N2O2. The molecule has 0 amide bonds. The molecule has 27 heavy (non-hydrogen) atoms. The van der Waals surface area contributed by atoms with Gasteiger partial charge in [-0.1, -0.05) is 12.1 Å².